The molecule has 0 aliphatic heterocycles. The summed E-state index contributed by atoms with van der Waals surface area (Å²) >= 11 is 0. The van der Waals surface area contributed by atoms with Crippen LogP contribution < -0.4 is 5.32 Å². The first kappa shape index (κ1) is 11.9. The van der Waals surface area contributed by atoms with Gasteiger partial charge in [0.1, 0.15) is 11.6 Å². The second kappa shape index (κ2) is 4.85. The molecule has 0 bridgehead atoms. The van der Waals surface area contributed by atoms with Gasteiger partial charge < -0.3 is 14.8 Å². The number of benzene rings is 1. The molecule has 3 rings (SSSR count). The van der Waals surface area contributed by atoms with E-state index >= 15 is 0 Å². The van der Waals surface area contributed by atoms with Gasteiger partial charge in [-0.2, -0.15) is 0 Å². The second-order valence-corrected chi connectivity index (χ2v) is 4.61. The summed E-state index contributed by atoms with van der Waals surface area (Å²) in [5, 5.41) is 7.29. The van der Waals surface area contributed by atoms with Crippen LogP contribution in [-0.4, -0.2) is 15.1 Å². The number of para-hydroxylation sites is 2. The average molecular weight is 256 g/mol. The third-order valence-corrected chi connectivity index (χ3v) is 3.21. The summed E-state index contributed by atoms with van der Waals surface area (Å²) in [6, 6.07) is 8.02. The SMILES string of the molecule is Cc1noc(C)c1CNCc1nc2ccccc2[nH]1. The molecule has 2 heterocycles. The monoisotopic (exact) mass is 256 g/mol. The van der Waals surface area contributed by atoms with E-state index < -0.39 is 0 Å². The van der Waals surface area contributed by atoms with Crippen molar-refractivity contribution in [3.05, 3.63) is 47.1 Å². The first-order valence-corrected chi connectivity index (χ1v) is 6.30. The number of aryl methyl sites for hydroxylation is 2. The number of hydrogen-bond acceptors (Lipinski definition) is 4. The quantitative estimate of drug-likeness (QED) is 0.752. The van der Waals surface area contributed by atoms with Crippen LogP contribution >= 0.6 is 0 Å². The molecule has 0 unspecified atom stereocenters. The van der Waals surface area contributed by atoms with Crippen molar-refractivity contribution in [3.8, 4) is 0 Å². The Labute approximate surface area is 111 Å². The zero-order valence-corrected chi connectivity index (χ0v) is 11.0. The van der Waals surface area contributed by atoms with Crippen LogP contribution in [-0.2, 0) is 13.1 Å². The lowest BCUT2D eigenvalue weighted by atomic mass is 10.2. The molecule has 0 spiro atoms. The molecule has 0 aliphatic rings. The molecular formula is C14H16N4O. The molecule has 98 valence electrons. The van der Waals surface area contributed by atoms with Gasteiger partial charge in [-0.05, 0) is 26.0 Å². The van der Waals surface area contributed by atoms with Gasteiger partial charge in [0.05, 0.1) is 23.3 Å². The molecule has 0 aliphatic carbocycles. The molecule has 0 fully saturated rings. The fourth-order valence-corrected chi connectivity index (χ4v) is 2.15. The van der Waals surface area contributed by atoms with Gasteiger partial charge in [-0.25, -0.2) is 4.98 Å². The van der Waals surface area contributed by atoms with Crippen molar-refractivity contribution in [2.45, 2.75) is 26.9 Å². The number of nitrogens with one attached hydrogen (secondary N) is 2. The molecular weight excluding hydrogens is 240 g/mol. The molecule has 1 aromatic carbocycles. The Bertz CT molecular complexity index is 646. The van der Waals surface area contributed by atoms with Crippen molar-refractivity contribution in [3.63, 3.8) is 0 Å². The fraction of sp³-hybridized carbons (Fsp3) is 0.286. The van der Waals surface area contributed by atoms with Gasteiger partial charge in [0.25, 0.3) is 0 Å². The van der Waals surface area contributed by atoms with Crippen molar-refractivity contribution in [2.75, 3.05) is 0 Å². The van der Waals surface area contributed by atoms with E-state index in [0.717, 1.165) is 40.4 Å². The maximum atomic E-state index is 5.13. The van der Waals surface area contributed by atoms with Gasteiger partial charge in [-0.3, -0.25) is 0 Å². The standard InChI is InChI=1S/C14H16N4O/c1-9-11(10(2)19-18-9)7-15-8-14-16-12-5-3-4-6-13(12)17-14/h3-6,15H,7-8H2,1-2H3,(H,16,17). The largest absolute Gasteiger partial charge is 0.361 e. The second-order valence-electron chi connectivity index (χ2n) is 4.61. The van der Waals surface area contributed by atoms with Gasteiger partial charge in [0.2, 0.25) is 0 Å². The van der Waals surface area contributed by atoms with Crippen LogP contribution in [0.2, 0.25) is 0 Å². The molecule has 2 N–H and O–H groups in total. The van der Waals surface area contributed by atoms with E-state index in [1.54, 1.807) is 0 Å². The molecule has 3 aromatic rings. The van der Waals surface area contributed by atoms with Crippen LogP contribution in [0.3, 0.4) is 0 Å². The minimum atomic E-state index is 0.693. The number of hydrogen-bond donors (Lipinski definition) is 2. The van der Waals surface area contributed by atoms with Crippen molar-refractivity contribution in [1.29, 1.82) is 0 Å². The predicted octanol–water partition coefficient (Wildman–Crippen LogP) is 2.46. The maximum Gasteiger partial charge on any atom is 0.138 e. The Morgan fingerprint density at radius 1 is 1.21 bits per heavy atom. The predicted molar refractivity (Wildman–Crippen MR) is 72.6 cm³/mol. The van der Waals surface area contributed by atoms with E-state index in [-0.39, 0.29) is 0 Å². The Balaban J connectivity index is 1.66. The molecule has 5 nitrogen and oxygen atoms in total. The molecule has 0 atom stereocenters. The van der Waals surface area contributed by atoms with Gasteiger partial charge >= 0.3 is 0 Å². The summed E-state index contributed by atoms with van der Waals surface area (Å²) < 4.78 is 5.13. The van der Waals surface area contributed by atoms with E-state index in [1.807, 2.05) is 38.1 Å². The fourth-order valence-electron chi connectivity index (χ4n) is 2.15. The van der Waals surface area contributed by atoms with Gasteiger partial charge in [0, 0.05) is 12.1 Å². The zero-order valence-electron chi connectivity index (χ0n) is 11.0. The Morgan fingerprint density at radius 3 is 2.79 bits per heavy atom. The highest BCUT2D eigenvalue weighted by Crippen LogP contribution is 2.13. The van der Waals surface area contributed by atoms with E-state index in [2.05, 4.69) is 20.4 Å². The first-order chi connectivity index (χ1) is 9.24. The summed E-state index contributed by atoms with van der Waals surface area (Å²) in [5.41, 5.74) is 4.12. The molecule has 2 aromatic heterocycles. The third-order valence-electron chi connectivity index (χ3n) is 3.21. The number of imidazole rings is 1. The molecule has 0 saturated carbocycles. The van der Waals surface area contributed by atoms with Crippen LogP contribution in [0.15, 0.2) is 28.8 Å². The number of H-pyrrole nitrogens is 1. The van der Waals surface area contributed by atoms with E-state index in [0.29, 0.717) is 6.54 Å². The summed E-state index contributed by atoms with van der Waals surface area (Å²) in [6.07, 6.45) is 0. The minimum Gasteiger partial charge on any atom is -0.361 e. The van der Waals surface area contributed by atoms with Crippen LogP contribution in [0.4, 0.5) is 0 Å². The topological polar surface area (TPSA) is 66.7 Å². The summed E-state index contributed by atoms with van der Waals surface area (Å²) in [6.45, 7) is 5.31. The number of rotatable bonds is 4. The highest BCUT2D eigenvalue weighted by Gasteiger charge is 2.08. The molecule has 0 radical (unpaired) electrons. The number of fused-ring (bicyclic) bond motifs is 1. The normalized spacial score (nSPS) is 11.3. The van der Waals surface area contributed by atoms with Crippen LogP contribution in [0, 0.1) is 13.8 Å². The highest BCUT2D eigenvalue weighted by atomic mass is 16.5. The number of aromatic nitrogens is 3. The van der Waals surface area contributed by atoms with E-state index in [4.69, 9.17) is 4.52 Å². The Morgan fingerprint density at radius 2 is 2.05 bits per heavy atom. The van der Waals surface area contributed by atoms with Crippen LogP contribution in [0.25, 0.3) is 11.0 Å². The lowest BCUT2D eigenvalue weighted by Gasteiger charge is -2.01. The van der Waals surface area contributed by atoms with Crippen molar-refractivity contribution >= 4 is 11.0 Å². The lowest BCUT2D eigenvalue weighted by Crippen LogP contribution is -2.14. The smallest absolute Gasteiger partial charge is 0.138 e. The molecule has 19 heavy (non-hydrogen) atoms. The maximum absolute atomic E-state index is 5.13. The summed E-state index contributed by atoms with van der Waals surface area (Å²) in [5.74, 6) is 1.81. The van der Waals surface area contributed by atoms with Crippen LogP contribution in [0.1, 0.15) is 22.8 Å². The van der Waals surface area contributed by atoms with Crippen molar-refractivity contribution in [1.82, 2.24) is 20.4 Å². The Hall–Kier alpha value is -2.14. The lowest BCUT2D eigenvalue weighted by molar-refractivity contribution is 0.392. The third kappa shape index (κ3) is 2.37. The Kier molecular flexibility index (Phi) is 3.05. The zero-order chi connectivity index (χ0) is 13.2. The highest BCUT2D eigenvalue weighted by molar-refractivity contribution is 5.74. The van der Waals surface area contributed by atoms with Gasteiger partial charge in [0.15, 0.2) is 0 Å². The van der Waals surface area contributed by atoms with Gasteiger partial charge in [-0.1, -0.05) is 17.3 Å². The van der Waals surface area contributed by atoms with Crippen molar-refractivity contribution < 1.29 is 4.52 Å². The molecule has 5 heteroatoms. The number of aromatic amines is 1. The molecule has 0 saturated heterocycles. The summed E-state index contributed by atoms with van der Waals surface area (Å²) in [7, 11) is 0. The first-order valence-electron chi connectivity index (χ1n) is 6.30. The molecule has 0 amide bonds. The minimum absolute atomic E-state index is 0.693. The number of nitrogens with zero attached hydrogens (tertiary/aromatic N) is 2. The van der Waals surface area contributed by atoms with Crippen molar-refractivity contribution in [2.24, 2.45) is 0 Å². The van der Waals surface area contributed by atoms with Gasteiger partial charge in [-0.15, -0.1) is 0 Å². The summed E-state index contributed by atoms with van der Waals surface area (Å²) in [4.78, 5) is 7.81. The van der Waals surface area contributed by atoms with E-state index in [9.17, 15) is 0 Å². The average Bonchev–Trinajstić information content (AvgIpc) is 2.95. The van der Waals surface area contributed by atoms with E-state index in [1.165, 1.54) is 0 Å². The van der Waals surface area contributed by atoms with Crippen LogP contribution in [0.5, 0.6) is 0 Å².